The number of hydrogen-bond acceptors (Lipinski definition) is 3. The van der Waals surface area contributed by atoms with Gasteiger partial charge < -0.3 is 14.4 Å². The normalized spacial score (nSPS) is 21.6. The van der Waals surface area contributed by atoms with E-state index in [0.717, 1.165) is 19.3 Å². The number of aliphatic hydroxyl groups excluding tert-OH is 1. The molecule has 1 fully saturated rings. The van der Waals surface area contributed by atoms with Gasteiger partial charge in [-0.05, 0) is 19.3 Å². The Labute approximate surface area is 83.5 Å². The smallest absolute Gasteiger partial charge is 0.126 e. The summed E-state index contributed by atoms with van der Waals surface area (Å²) in [7, 11) is 3.55. The molecular weight excluding hydrogens is 180 g/mol. The number of methoxy groups -OCH3 is 1. The van der Waals surface area contributed by atoms with Crippen molar-refractivity contribution in [1.29, 1.82) is 0 Å². The van der Waals surface area contributed by atoms with E-state index < -0.39 is 6.10 Å². The average Bonchev–Trinajstić information content (AvgIpc) is 2.50. The molecule has 4 heteroatoms. The Morgan fingerprint density at radius 3 is 2.71 bits per heavy atom. The summed E-state index contributed by atoms with van der Waals surface area (Å²) >= 11 is 0. The first-order chi connectivity index (χ1) is 6.68. The zero-order valence-electron chi connectivity index (χ0n) is 8.60. The van der Waals surface area contributed by atoms with Crippen LogP contribution >= 0.6 is 0 Å². The number of rotatable bonds is 3. The molecule has 14 heavy (non-hydrogen) atoms. The van der Waals surface area contributed by atoms with Crippen molar-refractivity contribution in [3.8, 4) is 0 Å². The molecule has 1 atom stereocenters. The molecule has 4 nitrogen and oxygen atoms in total. The summed E-state index contributed by atoms with van der Waals surface area (Å²) in [4.78, 5) is 4.14. The molecule has 0 saturated heterocycles. The molecule has 0 spiro atoms. The van der Waals surface area contributed by atoms with Crippen LogP contribution < -0.4 is 0 Å². The Morgan fingerprint density at radius 1 is 1.64 bits per heavy atom. The van der Waals surface area contributed by atoms with E-state index in [2.05, 4.69) is 4.98 Å². The van der Waals surface area contributed by atoms with Crippen molar-refractivity contribution in [3.63, 3.8) is 0 Å². The minimum Gasteiger partial charge on any atom is -0.384 e. The Balaban J connectivity index is 2.18. The number of imidazole rings is 1. The summed E-state index contributed by atoms with van der Waals surface area (Å²) in [5.41, 5.74) is 0.322. The van der Waals surface area contributed by atoms with Gasteiger partial charge in [-0.25, -0.2) is 4.98 Å². The quantitative estimate of drug-likeness (QED) is 0.785. The Morgan fingerprint density at radius 2 is 2.36 bits per heavy atom. The van der Waals surface area contributed by atoms with Gasteiger partial charge in [0.05, 0.1) is 17.6 Å². The van der Waals surface area contributed by atoms with Crippen LogP contribution in [0.1, 0.15) is 31.1 Å². The number of aryl methyl sites for hydroxylation is 1. The van der Waals surface area contributed by atoms with Gasteiger partial charge in [0.1, 0.15) is 6.10 Å². The standard InChI is InChI=1S/C10H16N2O2/c1-12-6-8(11-7-12)9(13)10(14-2)4-3-5-10/h6-7,9,13H,3-5H2,1-2H3. The fraction of sp³-hybridized carbons (Fsp3) is 0.700. The van der Waals surface area contributed by atoms with Gasteiger partial charge >= 0.3 is 0 Å². The number of hydrogen-bond donors (Lipinski definition) is 1. The number of ether oxygens (including phenoxy) is 1. The highest BCUT2D eigenvalue weighted by molar-refractivity contribution is 5.10. The van der Waals surface area contributed by atoms with Crippen LogP contribution in [0, 0.1) is 0 Å². The van der Waals surface area contributed by atoms with E-state index in [9.17, 15) is 5.11 Å². The molecule has 78 valence electrons. The lowest BCUT2D eigenvalue weighted by molar-refractivity contribution is -0.153. The monoisotopic (exact) mass is 196 g/mol. The molecule has 1 aromatic heterocycles. The molecule has 1 N–H and O–H groups in total. The molecule has 0 radical (unpaired) electrons. The Hall–Kier alpha value is -0.870. The minimum atomic E-state index is -0.595. The van der Waals surface area contributed by atoms with Gasteiger partial charge in [0.15, 0.2) is 0 Å². The first kappa shape index (κ1) is 9.68. The zero-order valence-corrected chi connectivity index (χ0v) is 8.60. The molecule has 1 heterocycles. The summed E-state index contributed by atoms with van der Waals surface area (Å²) in [6, 6.07) is 0. The highest BCUT2D eigenvalue weighted by Crippen LogP contribution is 2.44. The SMILES string of the molecule is COC1(C(O)c2cn(C)cn2)CCC1. The van der Waals surface area contributed by atoms with E-state index in [0.29, 0.717) is 5.69 Å². The molecule has 0 aliphatic heterocycles. The lowest BCUT2D eigenvalue weighted by atomic mass is 9.75. The lowest BCUT2D eigenvalue weighted by Crippen LogP contribution is -2.45. The van der Waals surface area contributed by atoms with Crippen LogP contribution in [0.3, 0.4) is 0 Å². The van der Waals surface area contributed by atoms with Crippen LogP contribution in [0.5, 0.6) is 0 Å². The number of aliphatic hydroxyl groups is 1. The van der Waals surface area contributed by atoms with Crippen molar-refractivity contribution in [2.75, 3.05) is 7.11 Å². The summed E-state index contributed by atoms with van der Waals surface area (Å²) in [5, 5.41) is 10.1. The molecule has 1 unspecified atom stereocenters. The molecular formula is C10H16N2O2. The number of aromatic nitrogens is 2. The van der Waals surface area contributed by atoms with E-state index in [1.54, 1.807) is 13.4 Å². The molecule has 0 aromatic carbocycles. The van der Waals surface area contributed by atoms with E-state index in [1.807, 2.05) is 17.8 Å². The summed E-state index contributed by atoms with van der Waals surface area (Å²) < 4.78 is 7.23. The largest absolute Gasteiger partial charge is 0.384 e. The maximum Gasteiger partial charge on any atom is 0.126 e. The van der Waals surface area contributed by atoms with Crippen molar-refractivity contribution in [2.45, 2.75) is 31.0 Å². The molecule has 2 rings (SSSR count). The third kappa shape index (κ3) is 1.35. The molecule has 1 saturated carbocycles. The van der Waals surface area contributed by atoms with Crippen LogP contribution in [0.2, 0.25) is 0 Å². The first-order valence-corrected chi connectivity index (χ1v) is 4.89. The Kier molecular flexibility index (Phi) is 2.33. The van der Waals surface area contributed by atoms with Gasteiger partial charge in [0.2, 0.25) is 0 Å². The second-order valence-electron chi connectivity index (χ2n) is 3.99. The highest BCUT2D eigenvalue weighted by Gasteiger charge is 2.45. The average molecular weight is 196 g/mol. The van der Waals surface area contributed by atoms with E-state index in [4.69, 9.17) is 4.74 Å². The second kappa shape index (κ2) is 3.37. The van der Waals surface area contributed by atoms with Crippen molar-refractivity contribution in [1.82, 2.24) is 9.55 Å². The molecule has 0 amide bonds. The predicted octanol–water partition coefficient (Wildman–Crippen LogP) is 1.02. The third-order valence-corrected chi connectivity index (χ3v) is 3.11. The van der Waals surface area contributed by atoms with Crippen molar-refractivity contribution < 1.29 is 9.84 Å². The summed E-state index contributed by atoms with van der Waals surface area (Å²) in [6.07, 6.45) is 5.90. The molecule has 1 aliphatic carbocycles. The van der Waals surface area contributed by atoms with Crippen molar-refractivity contribution in [2.24, 2.45) is 7.05 Å². The lowest BCUT2D eigenvalue weighted by Gasteiger charge is -2.43. The van der Waals surface area contributed by atoms with E-state index in [-0.39, 0.29) is 5.60 Å². The summed E-state index contributed by atoms with van der Waals surface area (Å²) in [6.45, 7) is 0. The van der Waals surface area contributed by atoms with E-state index >= 15 is 0 Å². The van der Waals surface area contributed by atoms with Crippen LogP contribution in [-0.2, 0) is 11.8 Å². The fourth-order valence-corrected chi connectivity index (χ4v) is 1.96. The van der Waals surface area contributed by atoms with E-state index in [1.165, 1.54) is 0 Å². The van der Waals surface area contributed by atoms with Crippen molar-refractivity contribution >= 4 is 0 Å². The van der Waals surface area contributed by atoms with Gasteiger partial charge in [0, 0.05) is 20.4 Å². The minimum absolute atomic E-state index is 0.381. The molecule has 1 aliphatic rings. The van der Waals surface area contributed by atoms with Crippen LogP contribution in [0.4, 0.5) is 0 Å². The topological polar surface area (TPSA) is 47.3 Å². The third-order valence-electron chi connectivity index (χ3n) is 3.11. The Bertz CT molecular complexity index is 312. The zero-order chi connectivity index (χ0) is 10.2. The second-order valence-corrected chi connectivity index (χ2v) is 3.99. The van der Waals surface area contributed by atoms with Gasteiger partial charge in [-0.15, -0.1) is 0 Å². The van der Waals surface area contributed by atoms with Gasteiger partial charge in [-0.3, -0.25) is 0 Å². The van der Waals surface area contributed by atoms with Gasteiger partial charge in [-0.1, -0.05) is 0 Å². The molecule has 0 bridgehead atoms. The maximum atomic E-state index is 10.1. The van der Waals surface area contributed by atoms with Gasteiger partial charge in [-0.2, -0.15) is 0 Å². The van der Waals surface area contributed by atoms with Crippen LogP contribution in [0.15, 0.2) is 12.5 Å². The summed E-state index contributed by atoms with van der Waals surface area (Å²) in [5.74, 6) is 0. The van der Waals surface area contributed by atoms with Crippen LogP contribution in [0.25, 0.3) is 0 Å². The van der Waals surface area contributed by atoms with Crippen molar-refractivity contribution in [3.05, 3.63) is 18.2 Å². The van der Waals surface area contributed by atoms with Crippen LogP contribution in [-0.4, -0.2) is 27.4 Å². The molecule has 1 aromatic rings. The number of nitrogens with zero attached hydrogens (tertiary/aromatic N) is 2. The highest BCUT2D eigenvalue weighted by atomic mass is 16.5. The van der Waals surface area contributed by atoms with Gasteiger partial charge in [0.25, 0.3) is 0 Å². The maximum absolute atomic E-state index is 10.1. The predicted molar refractivity (Wildman–Crippen MR) is 51.8 cm³/mol. The first-order valence-electron chi connectivity index (χ1n) is 4.89. The fourth-order valence-electron chi connectivity index (χ4n) is 1.96.